The van der Waals surface area contributed by atoms with Crippen molar-refractivity contribution in [2.75, 3.05) is 11.5 Å². The summed E-state index contributed by atoms with van der Waals surface area (Å²) >= 11 is 0. The van der Waals surface area contributed by atoms with Gasteiger partial charge in [0.15, 0.2) is 0 Å². The van der Waals surface area contributed by atoms with Crippen LogP contribution in [0.15, 0.2) is 84.4 Å². The Morgan fingerprint density at radius 3 is 2.90 bits per heavy atom. The molecule has 1 heterocycles. The fourth-order valence-electron chi connectivity index (χ4n) is 2.10. The molecule has 1 aliphatic heterocycles. The number of hydrogen-bond donors (Lipinski definition) is 2. The molecule has 2 nitrogen and oxygen atoms in total. The summed E-state index contributed by atoms with van der Waals surface area (Å²) in [5, 5.41) is 6.50. The molecule has 0 spiro atoms. The van der Waals surface area contributed by atoms with Gasteiger partial charge in [-0.2, -0.15) is 0 Å². The number of anilines is 1. The third-order valence-electron chi connectivity index (χ3n) is 3.20. The highest BCUT2D eigenvalue weighted by Crippen LogP contribution is 2.23. The van der Waals surface area contributed by atoms with Crippen LogP contribution < -0.4 is 10.6 Å². The van der Waals surface area contributed by atoms with E-state index in [1.807, 2.05) is 30.6 Å². The molecule has 0 radical (unpaired) electrons. The second-order valence-corrected chi connectivity index (χ2v) is 5.39. The van der Waals surface area contributed by atoms with Gasteiger partial charge >= 0.3 is 0 Å². The minimum atomic E-state index is 0.827. The number of aryl methyl sites for hydroxylation is 1. The van der Waals surface area contributed by atoms with Crippen molar-refractivity contribution in [3.63, 3.8) is 0 Å². The lowest BCUT2D eigenvalue weighted by molar-refractivity contribution is 1.15. The summed E-state index contributed by atoms with van der Waals surface area (Å²) in [5.41, 5.74) is 6.18. The molecule has 0 bridgehead atoms. The maximum atomic E-state index is 4.15. The maximum Gasteiger partial charge on any atom is 0.0405 e. The van der Waals surface area contributed by atoms with Crippen molar-refractivity contribution in [2.24, 2.45) is 0 Å². The van der Waals surface area contributed by atoms with Crippen LogP contribution in [0, 0.1) is 6.92 Å². The van der Waals surface area contributed by atoms with E-state index in [4.69, 9.17) is 0 Å². The highest BCUT2D eigenvalue weighted by Gasteiger charge is 2.08. The molecule has 1 aliphatic rings. The van der Waals surface area contributed by atoms with E-state index in [9.17, 15) is 0 Å². The lowest BCUT2D eigenvalue weighted by Gasteiger charge is -2.16. The highest BCUT2D eigenvalue weighted by atomic mass is 31.0. The summed E-state index contributed by atoms with van der Waals surface area (Å²) in [6.07, 6.45) is 8.85. The zero-order chi connectivity index (χ0) is 15.2. The van der Waals surface area contributed by atoms with E-state index < -0.39 is 0 Å². The molecule has 0 fully saturated rings. The zero-order valence-electron chi connectivity index (χ0n) is 12.3. The van der Waals surface area contributed by atoms with Crippen LogP contribution in [-0.2, 0) is 0 Å². The molecule has 1 aromatic carbocycles. The van der Waals surface area contributed by atoms with Crippen LogP contribution in [0.1, 0.15) is 5.56 Å². The molecular formula is C18H21N2P. The van der Waals surface area contributed by atoms with E-state index in [1.54, 1.807) is 0 Å². The molecule has 1 aromatic rings. The van der Waals surface area contributed by atoms with Crippen LogP contribution in [0.3, 0.4) is 0 Å². The van der Waals surface area contributed by atoms with Gasteiger partial charge in [-0.1, -0.05) is 31.4 Å². The number of rotatable bonds is 4. The summed E-state index contributed by atoms with van der Waals surface area (Å²) in [6.45, 7) is 10.4. The first kappa shape index (κ1) is 15.3. The van der Waals surface area contributed by atoms with Crippen molar-refractivity contribution in [1.82, 2.24) is 5.32 Å². The van der Waals surface area contributed by atoms with Crippen molar-refractivity contribution in [1.29, 1.82) is 0 Å². The van der Waals surface area contributed by atoms with Gasteiger partial charge in [0, 0.05) is 29.4 Å². The Balaban J connectivity index is 2.20. The summed E-state index contributed by atoms with van der Waals surface area (Å²) in [4.78, 5) is 0. The topological polar surface area (TPSA) is 24.1 Å². The Bertz CT molecular complexity index is 651. The van der Waals surface area contributed by atoms with Gasteiger partial charge in [0.05, 0.1) is 0 Å². The van der Waals surface area contributed by atoms with Gasteiger partial charge in [0.25, 0.3) is 0 Å². The van der Waals surface area contributed by atoms with E-state index in [-0.39, 0.29) is 0 Å². The Hall–Kier alpha value is -2.05. The number of hydrogen-bond acceptors (Lipinski definition) is 2. The Morgan fingerprint density at radius 2 is 2.19 bits per heavy atom. The highest BCUT2D eigenvalue weighted by molar-refractivity contribution is 7.16. The summed E-state index contributed by atoms with van der Waals surface area (Å²) in [7, 11) is 2.73. The van der Waals surface area contributed by atoms with E-state index >= 15 is 0 Å². The monoisotopic (exact) mass is 296 g/mol. The second kappa shape index (κ2) is 7.10. The Kier molecular flexibility index (Phi) is 5.19. The first-order valence-corrected chi connectivity index (χ1v) is 7.67. The first-order valence-electron chi connectivity index (χ1n) is 6.86. The normalized spacial score (nSPS) is 21.0. The fraction of sp³-hybridized carbons (Fsp3) is 0.111. The molecule has 0 aromatic heterocycles. The van der Waals surface area contributed by atoms with Gasteiger partial charge in [-0.25, -0.2) is 0 Å². The van der Waals surface area contributed by atoms with Gasteiger partial charge in [-0.05, 0) is 48.0 Å². The third-order valence-corrected chi connectivity index (χ3v) is 3.67. The molecule has 2 rings (SSSR count). The van der Waals surface area contributed by atoms with E-state index in [0.717, 1.165) is 28.7 Å². The lowest BCUT2D eigenvalue weighted by Crippen LogP contribution is -2.08. The molecule has 108 valence electrons. The number of benzene rings is 1. The van der Waals surface area contributed by atoms with Crippen LogP contribution in [0.5, 0.6) is 0 Å². The van der Waals surface area contributed by atoms with Crippen LogP contribution >= 0.6 is 9.24 Å². The summed E-state index contributed by atoms with van der Waals surface area (Å²) < 4.78 is 0. The van der Waals surface area contributed by atoms with Crippen molar-refractivity contribution in [3.05, 3.63) is 90.0 Å². The summed E-state index contributed by atoms with van der Waals surface area (Å²) in [5.74, 6) is 0. The maximum absolute atomic E-state index is 4.15. The van der Waals surface area contributed by atoms with Crippen molar-refractivity contribution < 1.29 is 0 Å². The minimum absolute atomic E-state index is 0.827. The van der Waals surface area contributed by atoms with Crippen LogP contribution in [0.2, 0.25) is 0 Å². The van der Waals surface area contributed by atoms with Crippen LogP contribution in [0.4, 0.5) is 5.69 Å². The molecule has 1 unspecified atom stereocenters. The predicted octanol–water partition coefficient (Wildman–Crippen LogP) is 4.28. The fourth-order valence-corrected chi connectivity index (χ4v) is 2.36. The molecule has 1 atom stereocenters. The van der Waals surface area contributed by atoms with Gasteiger partial charge in [0.2, 0.25) is 0 Å². The Morgan fingerprint density at radius 1 is 1.38 bits per heavy atom. The SMILES string of the molecule is C=C1/C=C(CP)\C=C/N/C=C\1C(=C)Nc1cccc(C)c1. The van der Waals surface area contributed by atoms with Crippen LogP contribution in [-0.4, -0.2) is 6.16 Å². The second-order valence-electron chi connectivity index (χ2n) is 4.98. The Labute approximate surface area is 129 Å². The van der Waals surface area contributed by atoms with Gasteiger partial charge < -0.3 is 10.6 Å². The van der Waals surface area contributed by atoms with Crippen molar-refractivity contribution in [2.45, 2.75) is 6.92 Å². The molecule has 0 aliphatic carbocycles. The molecule has 0 saturated carbocycles. The zero-order valence-corrected chi connectivity index (χ0v) is 13.5. The van der Waals surface area contributed by atoms with Gasteiger partial charge in [0.1, 0.15) is 0 Å². The van der Waals surface area contributed by atoms with E-state index in [0.29, 0.717) is 0 Å². The van der Waals surface area contributed by atoms with Gasteiger partial charge in [-0.3, -0.25) is 0 Å². The van der Waals surface area contributed by atoms with E-state index in [1.165, 1.54) is 11.1 Å². The average molecular weight is 296 g/mol. The molecular weight excluding hydrogens is 275 g/mol. The number of allylic oxidation sites excluding steroid dienone is 4. The minimum Gasteiger partial charge on any atom is -0.367 e. The van der Waals surface area contributed by atoms with E-state index in [2.05, 4.69) is 58.2 Å². The largest absolute Gasteiger partial charge is 0.367 e. The molecule has 3 heteroatoms. The van der Waals surface area contributed by atoms with Crippen molar-refractivity contribution >= 4 is 14.9 Å². The smallest absolute Gasteiger partial charge is 0.0405 e. The van der Waals surface area contributed by atoms with Crippen LogP contribution in [0.25, 0.3) is 0 Å². The molecule has 0 amide bonds. The number of nitrogens with one attached hydrogen (secondary N) is 2. The summed E-state index contributed by atoms with van der Waals surface area (Å²) in [6, 6.07) is 8.22. The van der Waals surface area contributed by atoms with Crippen molar-refractivity contribution in [3.8, 4) is 0 Å². The average Bonchev–Trinajstić information content (AvgIpc) is 2.42. The van der Waals surface area contributed by atoms with Gasteiger partial charge in [-0.15, -0.1) is 9.24 Å². The predicted molar refractivity (Wildman–Crippen MR) is 96.1 cm³/mol. The third kappa shape index (κ3) is 4.21. The molecule has 0 saturated heterocycles. The standard InChI is InChI=1S/C18H21N2P/c1-13-5-4-6-17(9-13)20-15(3)18-11-19-8-7-16(12-21)10-14(18)2/h4-11,19-20H,2-3,12,21H2,1H3/b8-7-,16-10+,18-11+. The molecule has 21 heavy (non-hydrogen) atoms. The quantitative estimate of drug-likeness (QED) is 0.810. The lowest BCUT2D eigenvalue weighted by atomic mass is 10.0. The molecule has 2 N–H and O–H groups in total. The first-order chi connectivity index (χ1) is 10.1.